The van der Waals surface area contributed by atoms with E-state index in [9.17, 15) is 9.59 Å². The first-order chi connectivity index (χ1) is 10.6. The molecular formula is C17H19NO4. The highest BCUT2D eigenvalue weighted by atomic mass is 16.4. The van der Waals surface area contributed by atoms with Gasteiger partial charge in [-0.05, 0) is 30.5 Å². The van der Waals surface area contributed by atoms with E-state index < -0.39 is 5.97 Å². The van der Waals surface area contributed by atoms with Crippen molar-refractivity contribution in [3.63, 3.8) is 0 Å². The molecule has 2 N–H and O–H groups in total. The molecule has 2 aromatic rings. The van der Waals surface area contributed by atoms with E-state index in [4.69, 9.17) is 9.52 Å². The fraction of sp³-hybridized carbons (Fsp3) is 0.294. The summed E-state index contributed by atoms with van der Waals surface area (Å²) in [6, 6.07) is 12.6. The second kappa shape index (κ2) is 7.45. The Morgan fingerprint density at radius 2 is 1.82 bits per heavy atom. The van der Waals surface area contributed by atoms with Crippen LogP contribution in [0.2, 0.25) is 0 Å². The fourth-order valence-electron chi connectivity index (χ4n) is 2.30. The zero-order chi connectivity index (χ0) is 15.9. The molecule has 1 aromatic carbocycles. The first-order valence-electron chi connectivity index (χ1n) is 7.28. The molecule has 1 heterocycles. The van der Waals surface area contributed by atoms with Crippen molar-refractivity contribution in [1.82, 2.24) is 5.32 Å². The lowest BCUT2D eigenvalue weighted by atomic mass is 10.0. The molecule has 0 aliphatic rings. The Bertz CT molecular complexity index is 633. The Morgan fingerprint density at radius 1 is 1.14 bits per heavy atom. The summed E-state index contributed by atoms with van der Waals surface area (Å²) in [5, 5.41) is 11.7. The van der Waals surface area contributed by atoms with E-state index in [0.29, 0.717) is 0 Å². The van der Waals surface area contributed by atoms with Crippen molar-refractivity contribution in [3.05, 3.63) is 59.5 Å². The van der Waals surface area contributed by atoms with Gasteiger partial charge in [0.25, 0.3) is 5.91 Å². The smallest absolute Gasteiger partial charge is 0.371 e. The lowest BCUT2D eigenvalue weighted by Crippen LogP contribution is -2.36. The first kappa shape index (κ1) is 15.8. The van der Waals surface area contributed by atoms with Crippen LogP contribution in [-0.4, -0.2) is 23.0 Å². The summed E-state index contributed by atoms with van der Waals surface area (Å²) >= 11 is 0. The lowest BCUT2D eigenvalue weighted by molar-refractivity contribution is 0.0659. The molecule has 116 valence electrons. The van der Waals surface area contributed by atoms with Crippen molar-refractivity contribution in [2.24, 2.45) is 0 Å². The number of benzene rings is 1. The molecular weight excluding hydrogens is 282 g/mol. The number of hydrogen-bond donors (Lipinski definition) is 2. The molecule has 0 fully saturated rings. The molecule has 0 saturated heterocycles. The maximum absolute atomic E-state index is 12.2. The van der Waals surface area contributed by atoms with Crippen LogP contribution in [0.1, 0.15) is 46.4 Å². The van der Waals surface area contributed by atoms with E-state index in [1.54, 1.807) is 0 Å². The monoisotopic (exact) mass is 301 g/mol. The van der Waals surface area contributed by atoms with Crippen LogP contribution < -0.4 is 5.32 Å². The zero-order valence-electron chi connectivity index (χ0n) is 12.4. The van der Waals surface area contributed by atoms with Crippen LogP contribution in [0.5, 0.6) is 0 Å². The number of aromatic carboxylic acids is 1. The molecule has 1 atom stereocenters. The van der Waals surface area contributed by atoms with Crippen molar-refractivity contribution < 1.29 is 19.1 Å². The van der Waals surface area contributed by atoms with E-state index in [-0.39, 0.29) is 23.5 Å². The summed E-state index contributed by atoms with van der Waals surface area (Å²) in [5.41, 5.74) is 1.15. The summed E-state index contributed by atoms with van der Waals surface area (Å²) in [5.74, 6) is -1.79. The number of hydrogen-bond acceptors (Lipinski definition) is 3. The van der Waals surface area contributed by atoms with E-state index in [1.165, 1.54) is 12.1 Å². The maximum atomic E-state index is 12.2. The van der Waals surface area contributed by atoms with Crippen LogP contribution in [-0.2, 0) is 6.42 Å². The molecule has 0 aliphatic carbocycles. The number of carbonyl (C=O) groups is 2. The van der Waals surface area contributed by atoms with Gasteiger partial charge in [-0.2, -0.15) is 0 Å². The SMILES string of the molecule is CCCC(Cc1ccccc1)NC(=O)c1ccc(C(=O)O)o1. The third-order valence-electron chi connectivity index (χ3n) is 3.34. The predicted molar refractivity (Wildman–Crippen MR) is 82.0 cm³/mol. The van der Waals surface area contributed by atoms with E-state index in [1.807, 2.05) is 30.3 Å². The van der Waals surface area contributed by atoms with Gasteiger partial charge in [0.15, 0.2) is 5.76 Å². The molecule has 1 unspecified atom stereocenters. The standard InChI is InChI=1S/C17H19NO4/c1-2-6-13(11-12-7-4-3-5-8-12)18-16(19)14-9-10-15(22-14)17(20)21/h3-5,7-10,13H,2,6,11H2,1H3,(H,18,19)(H,20,21). The quantitative estimate of drug-likeness (QED) is 0.823. The molecule has 1 aromatic heterocycles. The molecule has 2 rings (SSSR count). The Kier molecular flexibility index (Phi) is 5.36. The number of amides is 1. The minimum Gasteiger partial charge on any atom is -0.475 e. The minimum atomic E-state index is -1.19. The third kappa shape index (κ3) is 4.22. The van der Waals surface area contributed by atoms with Crippen molar-refractivity contribution in [1.29, 1.82) is 0 Å². The molecule has 5 nitrogen and oxygen atoms in total. The Morgan fingerprint density at radius 3 is 2.41 bits per heavy atom. The van der Waals surface area contributed by atoms with Crippen LogP contribution in [0, 0.1) is 0 Å². The van der Waals surface area contributed by atoms with Crippen LogP contribution in [0.3, 0.4) is 0 Å². The van der Waals surface area contributed by atoms with Gasteiger partial charge in [0.2, 0.25) is 5.76 Å². The summed E-state index contributed by atoms with van der Waals surface area (Å²) in [6.45, 7) is 2.06. The number of rotatable bonds is 7. The van der Waals surface area contributed by atoms with Gasteiger partial charge in [-0.15, -0.1) is 0 Å². The van der Waals surface area contributed by atoms with Crippen LogP contribution in [0.25, 0.3) is 0 Å². The van der Waals surface area contributed by atoms with Gasteiger partial charge in [-0.25, -0.2) is 4.79 Å². The van der Waals surface area contributed by atoms with Crippen molar-refractivity contribution in [3.8, 4) is 0 Å². The maximum Gasteiger partial charge on any atom is 0.371 e. The Balaban J connectivity index is 2.03. The number of carboxylic acids is 1. The molecule has 0 saturated carbocycles. The van der Waals surface area contributed by atoms with E-state index in [0.717, 1.165) is 24.8 Å². The Labute approximate surface area is 129 Å². The van der Waals surface area contributed by atoms with Gasteiger partial charge in [-0.3, -0.25) is 4.79 Å². The summed E-state index contributed by atoms with van der Waals surface area (Å²) < 4.78 is 5.02. The van der Waals surface area contributed by atoms with Crippen LogP contribution in [0.15, 0.2) is 46.9 Å². The summed E-state index contributed by atoms with van der Waals surface area (Å²) in [4.78, 5) is 22.9. The Hall–Kier alpha value is -2.56. The van der Waals surface area contributed by atoms with Gasteiger partial charge in [0.1, 0.15) is 0 Å². The topological polar surface area (TPSA) is 79.5 Å². The second-order valence-electron chi connectivity index (χ2n) is 5.12. The van der Waals surface area contributed by atoms with Gasteiger partial charge < -0.3 is 14.8 Å². The highest BCUT2D eigenvalue weighted by Crippen LogP contribution is 2.11. The first-order valence-corrected chi connectivity index (χ1v) is 7.28. The number of carboxylic acid groups (broad SMARTS) is 1. The summed E-state index contributed by atoms with van der Waals surface area (Å²) in [7, 11) is 0. The molecule has 0 spiro atoms. The lowest BCUT2D eigenvalue weighted by Gasteiger charge is -2.17. The van der Waals surface area contributed by atoms with E-state index in [2.05, 4.69) is 12.2 Å². The van der Waals surface area contributed by atoms with E-state index >= 15 is 0 Å². The molecule has 22 heavy (non-hydrogen) atoms. The van der Waals surface area contributed by atoms with Gasteiger partial charge >= 0.3 is 5.97 Å². The van der Waals surface area contributed by atoms with Crippen molar-refractivity contribution in [2.75, 3.05) is 0 Å². The van der Waals surface area contributed by atoms with Gasteiger partial charge in [-0.1, -0.05) is 43.7 Å². The van der Waals surface area contributed by atoms with Crippen molar-refractivity contribution >= 4 is 11.9 Å². The second-order valence-corrected chi connectivity index (χ2v) is 5.12. The van der Waals surface area contributed by atoms with Crippen molar-refractivity contribution in [2.45, 2.75) is 32.2 Å². The number of nitrogens with one attached hydrogen (secondary N) is 1. The number of furan rings is 1. The van der Waals surface area contributed by atoms with Crippen LogP contribution in [0.4, 0.5) is 0 Å². The minimum absolute atomic E-state index is 0.0155. The highest BCUT2D eigenvalue weighted by Gasteiger charge is 2.18. The average Bonchev–Trinajstić information content (AvgIpc) is 2.98. The molecule has 0 aliphatic heterocycles. The molecule has 0 radical (unpaired) electrons. The third-order valence-corrected chi connectivity index (χ3v) is 3.34. The average molecular weight is 301 g/mol. The zero-order valence-corrected chi connectivity index (χ0v) is 12.4. The fourth-order valence-corrected chi connectivity index (χ4v) is 2.30. The largest absolute Gasteiger partial charge is 0.475 e. The van der Waals surface area contributed by atoms with Gasteiger partial charge in [0.05, 0.1) is 0 Å². The molecule has 0 bridgehead atoms. The number of carbonyl (C=O) groups excluding carboxylic acids is 1. The summed E-state index contributed by atoms with van der Waals surface area (Å²) in [6.07, 6.45) is 2.51. The molecule has 1 amide bonds. The predicted octanol–water partition coefficient (Wildman–Crippen LogP) is 3.12. The molecule has 5 heteroatoms. The van der Waals surface area contributed by atoms with Crippen LogP contribution >= 0.6 is 0 Å². The highest BCUT2D eigenvalue weighted by molar-refractivity contribution is 5.93. The van der Waals surface area contributed by atoms with Gasteiger partial charge in [0, 0.05) is 6.04 Å². The normalized spacial score (nSPS) is 11.9.